The van der Waals surface area contributed by atoms with E-state index in [0.717, 1.165) is 0 Å². The molecule has 1 amide bonds. The molecule has 0 radical (unpaired) electrons. The number of aromatic nitrogens is 3. The number of nitrogens with zero attached hydrogens (tertiary/aromatic N) is 3. The summed E-state index contributed by atoms with van der Waals surface area (Å²) < 4.78 is 10.0. The number of carbonyl (C=O) groups is 1. The van der Waals surface area contributed by atoms with Crippen molar-refractivity contribution in [1.82, 2.24) is 15.1 Å². The summed E-state index contributed by atoms with van der Waals surface area (Å²) in [5.41, 5.74) is 0. The lowest BCUT2D eigenvalue weighted by Crippen LogP contribution is -2.12. The van der Waals surface area contributed by atoms with Crippen LogP contribution in [0.15, 0.2) is 22.9 Å². The molecule has 1 N–H and O–H groups in total. The number of methoxy groups -OCH3 is 1. The second-order valence-electron chi connectivity index (χ2n) is 4.22. The monoisotopic (exact) mass is 276 g/mol. The number of rotatable bonds is 6. The molecule has 0 bridgehead atoms. The summed E-state index contributed by atoms with van der Waals surface area (Å²) in [5, 5.41) is 6.40. The predicted molar refractivity (Wildman–Crippen MR) is 71.4 cm³/mol. The van der Waals surface area contributed by atoms with Crippen LogP contribution >= 0.6 is 0 Å². The van der Waals surface area contributed by atoms with E-state index in [4.69, 9.17) is 9.26 Å². The van der Waals surface area contributed by atoms with Crippen LogP contribution in [0.5, 0.6) is 5.75 Å². The highest BCUT2D eigenvalue weighted by Crippen LogP contribution is 2.14. The van der Waals surface area contributed by atoms with Crippen molar-refractivity contribution < 1.29 is 14.1 Å². The summed E-state index contributed by atoms with van der Waals surface area (Å²) in [6, 6.07) is 3.38. The topological polar surface area (TPSA) is 90.1 Å². The number of ether oxygens (including phenoxy) is 1. The Balaban J connectivity index is 1.77. The molecule has 2 aromatic rings. The van der Waals surface area contributed by atoms with Crippen LogP contribution in [0.1, 0.15) is 24.6 Å². The van der Waals surface area contributed by atoms with Crippen LogP contribution in [0.3, 0.4) is 0 Å². The van der Waals surface area contributed by atoms with Crippen molar-refractivity contribution in [2.75, 3.05) is 12.4 Å². The zero-order chi connectivity index (χ0) is 14.4. The van der Waals surface area contributed by atoms with Gasteiger partial charge in [-0.1, -0.05) is 5.16 Å². The number of amides is 1. The number of nitrogens with one attached hydrogen (secondary N) is 1. The maximum absolute atomic E-state index is 11.7. The molecule has 0 atom stereocenters. The fraction of sp³-hybridized carbons (Fsp3) is 0.385. The third kappa shape index (κ3) is 4.04. The van der Waals surface area contributed by atoms with E-state index in [0.29, 0.717) is 42.5 Å². The maximum Gasteiger partial charge on any atom is 0.226 e. The number of carbonyl (C=O) groups excluding carboxylic acids is 1. The molecule has 0 aromatic carbocycles. The standard InChI is InChI=1S/C13H16N4O3/c1-9-15-13(20-17-9)5-3-4-12(18)16-11-8-10(19-2)6-7-14-11/h6-8H,3-5H2,1-2H3,(H,14,16,18). The molecule has 20 heavy (non-hydrogen) atoms. The normalized spacial score (nSPS) is 10.3. The molecular formula is C13H16N4O3. The number of anilines is 1. The molecule has 106 valence electrons. The smallest absolute Gasteiger partial charge is 0.226 e. The molecule has 0 unspecified atom stereocenters. The highest BCUT2D eigenvalue weighted by Gasteiger charge is 2.07. The molecule has 2 rings (SSSR count). The SMILES string of the molecule is COc1ccnc(NC(=O)CCCc2nc(C)no2)c1. The van der Waals surface area contributed by atoms with Crippen LogP contribution in [-0.4, -0.2) is 28.1 Å². The molecule has 0 aliphatic heterocycles. The quantitative estimate of drug-likeness (QED) is 0.864. The summed E-state index contributed by atoms with van der Waals surface area (Å²) in [4.78, 5) is 19.9. The molecular weight excluding hydrogens is 260 g/mol. The van der Waals surface area contributed by atoms with Gasteiger partial charge >= 0.3 is 0 Å². The van der Waals surface area contributed by atoms with Crippen molar-refractivity contribution >= 4 is 11.7 Å². The summed E-state index contributed by atoms with van der Waals surface area (Å²) >= 11 is 0. The number of hydrogen-bond donors (Lipinski definition) is 1. The molecule has 2 aromatic heterocycles. The van der Waals surface area contributed by atoms with Crippen molar-refractivity contribution in [3.63, 3.8) is 0 Å². The first kappa shape index (κ1) is 14.0. The Morgan fingerprint density at radius 3 is 3.05 bits per heavy atom. The Bertz CT molecular complexity index is 583. The van der Waals surface area contributed by atoms with E-state index in [-0.39, 0.29) is 5.91 Å². The Hall–Kier alpha value is -2.44. The van der Waals surface area contributed by atoms with Gasteiger partial charge in [0, 0.05) is 25.1 Å². The van der Waals surface area contributed by atoms with Gasteiger partial charge in [0.1, 0.15) is 11.6 Å². The molecule has 0 aliphatic rings. The molecule has 2 heterocycles. The van der Waals surface area contributed by atoms with Gasteiger partial charge in [0.25, 0.3) is 0 Å². The van der Waals surface area contributed by atoms with Crippen molar-refractivity contribution in [3.05, 3.63) is 30.0 Å². The number of hydrogen-bond acceptors (Lipinski definition) is 6. The molecule has 7 heteroatoms. The van der Waals surface area contributed by atoms with E-state index in [1.54, 1.807) is 32.4 Å². The van der Waals surface area contributed by atoms with Crippen molar-refractivity contribution in [3.8, 4) is 5.75 Å². The Labute approximate surface area is 116 Å². The fourth-order valence-electron chi connectivity index (χ4n) is 1.65. The number of pyridine rings is 1. The third-order valence-corrected chi connectivity index (χ3v) is 2.60. The van der Waals surface area contributed by atoms with Gasteiger partial charge in [-0.25, -0.2) is 4.98 Å². The van der Waals surface area contributed by atoms with Crippen LogP contribution in [0.25, 0.3) is 0 Å². The molecule has 7 nitrogen and oxygen atoms in total. The zero-order valence-electron chi connectivity index (χ0n) is 11.4. The van der Waals surface area contributed by atoms with Crippen molar-refractivity contribution in [2.45, 2.75) is 26.2 Å². The lowest BCUT2D eigenvalue weighted by molar-refractivity contribution is -0.116. The first-order chi connectivity index (χ1) is 9.67. The average Bonchev–Trinajstić information content (AvgIpc) is 2.84. The molecule has 0 spiro atoms. The van der Waals surface area contributed by atoms with Gasteiger partial charge in [-0.3, -0.25) is 4.79 Å². The van der Waals surface area contributed by atoms with E-state index >= 15 is 0 Å². The van der Waals surface area contributed by atoms with Gasteiger partial charge in [0.2, 0.25) is 11.8 Å². The van der Waals surface area contributed by atoms with E-state index in [9.17, 15) is 4.79 Å². The van der Waals surface area contributed by atoms with Gasteiger partial charge in [-0.05, 0) is 19.4 Å². The zero-order valence-corrected chi connectivity index (χ0v) is 11.4. The Morgan fingerprint density at radius 1 is 1.50 bits per heavy atom. The van der Waals surface area contributed by atoms with Crippen LogP contribution in [-0.2, 0) is 11.2 Å². The van der Waals surface area contributed by atoms with Crippen LogP contribution in [0.2, 0.25) is 0 Å². The second kappa shape index (κ2) is 6.65. The minimum Gasteiger partial charge on any atom is -0.497 e. The largest absolute Gasteiger partial charge is 0.497 e. The van der Waals surface area contributed by atoms with E-state index in [1.165, 1.54) is 0 Å². The van der Waals surface area contributed by atoms with Gasteiger partial charge in [0.05, 0.1) is 7.11 Å². The summed E-state index contributed by atoms with van der Waals surface area (Å²) in [6.45, 7) is 1.76. The van der Waals surface area contributed by atoms with Crippen molar-refractivity contribution in [2.24, 2.45) is 0 Å². The van der Waals surface area contributed by atoms with Gasteiger partial charge < -0.3 is 14.6 Å². The number of aryl methyl sites for hydroxylation is 2. The van der Waals surface area contributed by atoms with Crippen LogP contribution in [0, 0.1) is 6.92 Å². The predicted octanol–water partition coefficient (Wildman–Crippen LogP) is 1.74. The van der Waals surface area contributed by atoms with E-state index in [1.807, 2.05) is 0 Å². The molecule has 0 saturated carbocycles. The lowest BCUT2D eigenvalue weighted by Gasteiger charge is -2.05. The summed E-state index contributed by atoms with van der Waals surface area (Å²) in [7, 11) is 1.56. The van der Waals surface area contributed by atoms with Crippen LogP contribution < -0.4 is 10.1 Å². The highest BCUT2D eigenvalue weighted by molar-refractivity contribution is 5.89. The molecule has 0 aliphatic carbocycles. The third-order valence-electron chi connectivity index (χ3n) is 2.60. The lowest BCUT2D eigenvalue weighted by atomic mass is 10.2. The molecule has 0 saturated heterocycles. The van der Waals surface area contributed by atoms with Crippen LogP contribution in [0.4, 0.5) is 5.82 Å². The first-order valence-electron chi connectivity index (χ1n) is 6.26. The summed E-state index contributed by atoms with van der Waals surface area (Å²) in [5.74, 6) is 2.17. The molecule has 0 fully saturated rings. The van der Waals surface area contributed by atoms with Gasteiger partial charge in [-0.2, -0.15) is 4.98 Å². The fourth-order valence-corrected chi connectivity index (χ4v) is 1.65. The summed E-state index contributed by atoms with van der Waals surface area (Å²) in [6.07, 6.45) is 3.16. The maximum atomic E-state index is 11.7. The van der Waals surface area contributed by atoms with E-state index < -0.39 is 0 Å². The van der Waals surface area contributed by atoms with E-state index in [2.05, 4.69) is 20.4 Å². The highest BCUT2D eigenvalue weighted by atomic mass is 16.5. The Kier molecular flexibility index (Phi) is 4.65. The Morgan fingerprint density at radius 2 is 2.35 bits per heavy atom. The average molecular weight is 276 g/mol. The van der Waals surface area contributed by atoms with Crippen molar-refractivity contribution in [1.29, 1.82) is 0 Å². The minimum atomic E-state index is -0.109. The second-order valence-corrected chi connectivity index (χ2v) is 4.22. The first-order valence-corrected chi connectivity index (χ1v) is 6.26. The minimum absolute atomic E-state index is 0.109. The van der Waals surface area contributed by atoms with Gasteiger partial charge in [-0.15, -0.1) is 0 Å². The van der Waals surface area contributed by atoms with Gasteiger partial charge in [0.15, 0.2) is 5.82 Å².